The Morgan fingerprint density at radius 1 is 1.45 bits per heavy atom. The van der Waals surface area contributed by atoms with Gasteiger partial charge in [-0.25, -0.2) is 4.79 Å². The number of hydrogen-bond donors (Lipinski definition) is 2. The summed E-state index contributed by atoms with van der Waals surface area (Å²) in [6.45, 7) is 2.39. The second kappa shape index (κ2) is 2.91. The van der Waals surface area contributed by atoms with Crippen LogP contribution in [0.5, 0.6) is 0 Å². The van der Waals surface area contributed by atoms with Crippen LogP contribution in [0.15, 0.2) is 12.2 Å². The highest BCUT2D eigenvalue weighted by Gasteiger charge is 2.39. The Labute approximate surface area is 59.8 Å². The molecule has 0 saturated heterocycles. The van der Waals surface area contributed by atoms with Gasteiger partial charge in [-0.3, -0.25) is 0 Å². The van der Waals surface area contributed by atoms with E-state index >= 15 is 0 Å². The molecule has 0 aliphatic heterocycles. The maximum atomic E-state index is 11.5. The van der Waals surface area contributed by atoms with E-state index in [1.54, 1.807) is 0 Å². The van der Waals surface area contributed by atoms with Crippen LogP contribution in [0.3, 0.4) is 0 Å². The largest absolute Gasteiger partial charge is 0.479 e. The fourth-order valence-electron chi connectivity index (χ4n) is 0.304. The van der Waals surface area contributed by atoms with Crippen molar-refractivity contribution in [3.63, 3.8) is 0 Å². The van der Waals surface area contributed by atoms with Crippen LogP contribution in [0.4, 0.5) is 13.2 Å². The summed E-state index contributed by atoms with van der Waals surface area (Å²) < 4.78 is 34.6. The molecule has 11 heavy (non-hydrogen) atoms. The van der Waals surface area contributed by atoms with Crippen LogP contribution < -0.4 is 0 Å². The second-order valence-electron chi connectivity index (χ2n) is 1.76. The van der Waals surface area contributed by atoms with Crippen molar-refractivity contribution < 1.29 is 28.2 Å². The third-order valence-electron chi connectivity index (χ3n) is 0.928. The van der Waals surface area contributed by atoms with E-state index in [0.29, 0.717) is 0 Å². The summed E-state index contributed by atoms with van der Waals surface area (Å²) in [5.74, 6) is -1.97. The van der Waals surface area contributed by atoms with Gasteiger partial charge in [0.25, 0.3) is 0 Å². The van der Waals surface area contributed by atoms with Gasteiger partial charge in [0.2, 0.25) is 0 Å². The molecule has 0 saturated carbocycles. The molecule has 2 N–H and O–H groups in total. The summed E-state index contributed by atoms with van der Waals surface area (Å²) in [4.78, 5) is 9.78. The Hall–Kier alpha value is -1.04. The lowest BCUT2D eigenvalue weighted by molar-refractivity contribution is -0.151. The van der Waals surface area contributed by atoms with E-state index in [1.165, 1.54) is 0 Å². The molecule has 0 radical (unpaired) electrons. The molecule has 64 valence electrons. The first-order chi connectivity index (χ1) is 4.76. The molecule has 0 aromatic carbocycles. The number of carbonyl (C=O) groups is 1. The van der Waals surface area contributed by atoms with Gasteiger partial charge < -0.3 is 10.2 Å². The zero-order valence-corrected chi connectivity index (χ0v) is 5.22. The number of aliphatic hydroxyl groups is 1. The van der Waals surface area contributed by atoms with Crippen LogP contribution in [-0.4, -0.2) is 28.5 Å². The quantitative estimate of drug-likeness (QED) is 0.595. The van der Waals surface area contributed by atoms with E-state index in [9.17, 15) is 18.0 Å². The number of aliphatic hydroxyl groups excluding tert-OH is 1. The summed E-state index contributed by atoms with van der Waals surface area (Å²) >= 11 is 0. The van der Waals surface area contributed by atoms with Crippen LogP contribution in [0.2, 0.25) is 0 Å². The molecule has 0 fully saturated rings. The maximum Gasteiger partial charge on any atom is 0.415 e. The van der Waals surface area contributed by atoms with Crippen LogP contribution >= 0.6 is 0 Å². The molecule has 0 bridgehead atoms. The highest BCUT2D eigenvalue weighted by atomic mass is 19.4. The average Bonchev–Trinajstić information content (AvgIpc) is 1.82. The predicted molar refractivity (Wildman–Crippen MR) is 28.8 cm³/mol. The van der Waals surface area contributed by atoms with Crippen LogP contribution in [-0.2, 0) is 4.79 Å². The number of alkyl halides is 3. The molecular weight excluding hydrogens is 165 g/mol. The maximum absolute atomic E-state index is 11.5. The summed E-state index contributed by atoms with van der Waals surface area (Å²) in [5, 5.41) is 16.2. The number of halogens is 3. The van der Waals surface area contributed by atoms with Gasteiger partial charge in [-0.1, -0.05) is 6.58 Å². The third-order valence-corrected chi connectivity index (χ3v) is 0.928. The number of hydrogen-bond acceptors (Lipinski definition) is 2. The summed E-state index contributed by atoms with van der Waals surface area (Å²) in [6.07, 6.45) is -7.44. The Kier molecular flexibility index (Phi) is 2.64. The molecule has 0 aromatic rings. The molecule has 0 heterocycles. The fraction of sp³-hybridized carbons (Fsp3) is 0.400. The van der Waals surface area contributed by atoms with E-state index in [0.717, 1.165) is 0 Å². The SMILES string of the molecule is C=C(C(O)C(=O)O)C(F)(F)F. The van der Waals surface area contributed by atoms with Crippen molar-refractivity contribution in [3.05, 3.63) is 12.2 Å². The second-order valence-corrected chi connectivity index (χ2v) is 1.76. The molecule has 0 aliphatic rings. The minimum Gasteiger partial charge on any atom is -0.479 e. The molecular formula is C5H5F3O3. The Morgan fingerprint density at radius 2 is 1.82 bits per heavy atom. The number of carboxylic acid groups (broad SMARTS) is 1. The first-order valence-electron chi connectivity index (χ1n) is 2.43. The lowest BCUT2D eigenvalue weighted by Gasteiger charge is -2.11. The van der Waals surface area contributed by atoms with E-state index in [4.69, 9.17) is 10.2 Å². The molecule has 0 aliphatic carbocycles. The average molecular weight is 170 g/mol. The topological polar surface area (TPSA) is 57.5 Å². The first-order valence-corrected chi connectivity index (χ1v) is 2.43. The van der Waals surface area contributed by atoms with Crippen molar-refractivity contribution >= 4 is 5.97 Å². The van der Waals surface area contributed by atoms with E-state index < -0.39 is 23.8 Å². The van der Waals surface area contributed by atoms with Crippen molar-refractivity contribution in [2.24, 2.45) is 0 Å². The van der Waals surface area contributed by atoms with Crippen molar-refractivity contribution in [3.8, 4) is 0 Å². The minimum atomic E-state index is -4.86. The van der Waals surface area contributed by atoms with Crippen LogP contribution in [0.1, 0.15) is 0 Å². The minimum absolute atomic E-state index is 1.68. The van der Waals surface area contributed by atoms with Gasteiger partial charge in [0.15, 0.2) is 6.10 Å². The number of rotatable bonds is 2. The molecule has 0 amide bonds. The highest BCUT2D eigenvalue weighted by molar-refractivity contribution is 5.75. The highest BCUT2D eigenvalue weighted by Crippen LogP contribution is 2.26. The van der Waals surface area contributed by atoms with E-state index in [-0.39, 0.29) is 0 Å². The zero-order chi connectivity index (χ0) is 9.23. The molecule has 1 unspecified atom stereocenters. The Bertz CT molecular complexity index is 184. The molecule has 3 nitrogen and oxygen atoms in total. The number of aliphatic carboxylic acids is 1. The molecule has 6 heteroatoms. The fourth-order valence-corrected chi connectivity index (χ4v) is 0.304. The summed E-state index contributed by atoms with van der Waals surface area (Å²) in [5.41, 5.74) is -1.68. The van der Waals surface area contributed by atoms with Crippen molar-refractivity contribution in [1.29, 1.82) is 0 Å². The standard InChI is InChI=1S/C5H5F3O3/c1-2(5(6,7)8)3(9)4(10)11/h3,9H,1H2,(H,10,11). The first kappa shape index (κ1) is 9.96. The summed E-state index contributed by atoms with van der Waals surface area (Å²) in [7, 11) is 0. The number of carboxylic acids is 1. The molecule has 0 spiro atoms. The Morgan fingerprint density at radius 3 is 1.91 bits per heavy atom. The van der Waals surface area contributed by atoms with Crippen molar-refractivity contribution in [2.45, 2.75) is 12.3 Å². The van der Waals surface area contributed by atoms with Gasteiger partial charge in [-0.2, -0.15) is 13.2 Å². The normalized spacial score (nSPS) is 14.2. The van der Waals surface area contributed by atoms with Crippen LogP contribution in [0.25, 0.3) is 0 Å². The molecule has 0 aromatic heterocycles. The lowest BCUT2D eigenvalue weighted by Crippen LogP contribution is -2.29. The lowest BCUT2D eigenvalue weighted by atomic mass is 10.2. The van der Waals surface area contributed by atoms with E-state index in [1.807, 2.05) is 0 Å². The smallest absolute Gasteiger partial charge is 0.415 e. The van der Waals surface area contributed by atoms with Gasteiger partial charge in [-0.05, 0) is 0 Å². The predicted octanol–water partition coefficient (Wildman–Crippen LogP) is 0.550. The van der Waals surface area contributed by atoms with Crippen molar-refractivity contribution in [1.82, 2.24) is 0 Å². The van der Waals surface area contributed by atoms with Crippen LogP contribution in [0, 0.1) is 0 Å². The zero-order valence-electron chi connectivity index (χ0n) is 5.22. The van der Waals surface area contributed by atoms with E-state index in [2.05, 4.69) is 6.58 Å². The molecule has 0 rings (SSSR count). The third kappa shape index (κ3) is 2.58. The van der Waals surface area contributed by atoms with Gasteiger partial charge in [0.05, 0.1) is 5.57 Å². The van der Waals surface area contributed by atoms with Crippen molar-refractivity contribution in [2.75, 3.05) is 0 Å². The summed E-state index contributed by atoms with van der Waals surface area (Å²) in [6, 6.07) is 0. The van der Waals surface area contributed by atoms with Gasteiger partial charge in [0.1, 0.15) is 0 Å². The Balaban J connectivity index is 4.39. The van der Waals surface area contributed by atoms with Gasteiger partial charge >= 0.3 is 12.1 Å². The van der Waals surface area contributed by atoms with Gasteiger partial charge in [-0.15, -0.1) is 0 Å². The van der Waals surface area contributed by atoms with Gasteiger partial charge in [0, 0.05) is 0 Å². The molecule has 1 atom stereocenters. The monoisotopic (exact) mass is 170 g/mol.